The number of esters is 1. The predicted molar refractivity (Wildman–Crippen MR) is 161 cm³/mol. The summed E-state index contributed by atoms with van der Waals surface area (Å²) in [4.78, 5) is 37.4. The van der Waals surface area contributed by atoms with Crippen LogP contribution < -0.4 is 11.1 Å². The summed E-state index contributed by atoms with van der Waals surface area (Å²) in [6.45, 7) is 15.0. The molecular formula is C32H53F2N3O5. The topological polar surface area (TPSA) is 111 Å². The molecule has 3 aliphatic rings. The lowest BCUT2D eigenvalue weighted by molar-refractivity contribution is -0.155. The lowest BCUT2D eigenvalue weighted by Gasteiger charge is -2.35. The van der Waals surface area contributed by atoms with Crippen molar-refractivity contribution < 1.29 is 32.6 Å². The summed E-state index contributed by atoms with van der Waals surface area (Å²) in [7, 11) is 0.500. The fraction of sp³-hybridized carbons (Fsp3) is 0.719. The monoisotopic (exact) mass is 597 g/mol. The summed E-state index contributed by atoms with van der Waals surface area (Å²) in [5, 5.41) is 3.70. The molecule has 1 aromatic rings. The Morgan fingerprint density at radius 3 is 2.31 bits per heavy atom. The van der Waals surface area contributed by atoms with Crippen LogP contribution in [0.25, 0.3) is 0 Å². The molecule has 0 bridgehead atoms. The number of halogens is 2. The van der Waals surface area contributed by atoms with Crippen molar-refractivity contribution in [3.63, 3.8) is 0 Å². The predicted octanol–water partition coefficient (Wildman–Crippen LogP) is 5.62. The first kappa shape index (κ1) is 37.4. The van der Waals surface area contributed by atoms with E-state index in [-0.39, 0.29) is 30.5 Å². The number of amides is 2. The first-order chi connectivity index (χ1) is 19.9. The molecule has 0 radical (unpaired) electrons. The van der Waals surface area contributed by atoms with Crippen molar-refractivity contribution in [1.82, 2.24) is 10.2 Å². The maximum absolute atomic E-state index is 14.2. The van der Waals surface area contributed by atoms with Crippen LogP contribution in [0, 0.1) is 18.7 Å². The number of nitrogens with two attached hydrogens (primary N) is 1. The van der Waals surface area contributed by atoms with Crippen molar-refractivity contribution >= 4 is 17.8 Å². The third kappa shape index (κ3) is 11.2. The largest absolute Gasteiger partial charge is 0.460 e. The average molecular weight is 598 g/mol. The van der Waals surface area contributed by atoms with Crippen LogP contribution >= 0.6 is 0 Å². The zero-order chi connectivity index (χ0) is 32.0. The molecule has 42 heavy (non-hydrogen) atoms. The molecule has 1 aromatic carbocycles. The zero-order valence-corrected chi connectivity index (χ0v) is 26.9. The summed E-state index contributed by atoms with van der Waals surface area (Å²) >= 11 is 0. The van der Waals surface area contributed by atoms with Gasteiger partial charge in [-0.05, 0) is 84.3 Å². The van der Waals surface area contributed by atoms with Gasteiger partial charge in [0.2, 0.25) is 5.91 Å². The Bertz CT molecular complexity index is 1000. The fourth-order valence-electron chi connectivity index (χ4n) is 5.16. The van der Waals surface area contributed by atoms with Gasteiger partial charge in [0, 0.05) is 36.2 Å². The van der Waals surface area contributed by atoms with Crippen LogP contribution in [-0.2, 0) is 25.6 Å². The van der Waals surface area contributed by atoms with Crippen LogP contribution in [0.3, 0.4) is 0 Å². The van der Waals surface area contributed by atoms with Crippen molar-refractivity contribution in [3.8, 4) is 0 Å². The van der Waals surface area contributed by atoms with Gasteiger partial charge >= 0.3 is 5.97 Å². The van der Waals surface area contributed by atoms with E-state index in [1.165, 1.54) is 43.1 Å². The number of primary amides is 1. The van der Waals surface area contributed by atoms with Crippen molar-refractivity contribution in [1.29, 1.82) is 0 Å². The molecule has 1 saturated heterocycles. The maximum Gasteiger partial charge on any atom is 0.306 e. The number of benzene rings is 1. The van der Waals surface area contributed by atoms with E-state index in [2.05, 4.69) is 12.2 Å². The summed E-state index contributed by atoms with van der Waals surface area (Å²) in [6.07, 6.45) is 6.81. The van der Waals surface area contributed by atoms with Crippen molar-refractivity contribution in [2.45, 2.75) is 124 Å². The number of carbonyl (C=O) groups excluding carboxylic acids is 3. The molecule has 1 saturated carbocycles. The third-order valence-electron chi connectivity index (χ3n) is 7.52. The number of carbonyl (C=O) groups is 3. The third-order valence-corrected chi connectivity index (χ3v) is 7.52. The molecule has 240 valence electrons. The van der Waals surface area contributed by atoms with Gasteiger partial charge in [-0.2, -0.15) is 0 Å². The SMILES string of the molecule is CC.CC(NC1CCCOC1)C1CCC1.CF.Cc1ccc2c(c1F)CN(C(CCC(=O)OC(C)(C)C)C(N)=O)C2=O. The van der Waals surface area contributed by atoms with E-state index in [4.69, 9.17) is 15.2 Å². The molecule has 10 heteroatoms. The van der Waals surface area contributed by atoms with E-state index in [1.807, 2.05) is 13.8 Å². The Morgan fingerprint density at radius 1 is 1.17 bits per heavy atom. The van der Waals surface area contributed by atoms with Gasteiger partial charge in [-0.1, -0.05) is 26.3 Å². The second kappa shape index (κ2) is 18.2. The fourth-order valence-corrected chi connectivity index (χ4v) is 5.16. The number of rotatable bonds is 8. The molecule has 2 amide bonds. The van der Waals surface area contributed by atoms with E-state index in [9.17, 15) is 23.2 Å². The normalized spacial score (nSPS) is 19.3. The van der Waals surface area contributed by atoms with E-state index in [1.54, 1.807) is 33.8 Å². The highest BCUT2D eigenvalue weighted by Crippen LogP contribution is 2.31. The van der Waals surface area contributed by atoms with Crippen molar-refractivity contribution in [2.24, 2.45) is 11.7 Å². The number of nitrogens with zero attached hydrogens (tertiary/aromatic N) is 1. The van der Waals surface area contributed by atoms with Gasteiger partial charge in [0.1, 0.15) is 17.5 Å². The maximum atomic E-state index is 14.2. The summed E-state index contributed by atoms with van der Waals surface area (Å²) in [5.74, 6) is -1.18. The molecule has 2 heterocycles. The van der Waals surface area contributed by atoms with Gasteiger partial charge in [0.05, 0.1) is 20.3 Å². The molecule has 0 aromatic heterocycles. The summed E-state index contributed by atoms with van der Waals surface area (Å²) in [6, 6.07) is 3.41. The van der Waals surface area contributed by atoms with Crippen LogP contribution in [0.2, 0.25) is 0 Å². The standard InChI is InChI=1S/C18H23FN2O4.C11H21NO.C2H6.CH3F/c1-10-5-6-11-12(15(10)19)9-21(17(11)24)13(16(20)23)7-8-14(22)25-18(2,3)4;1-9(10-4-2-5-10)12-11-6-3-7-13-8-11;2*1-2/h5-6,13H,7-9H2,1-4H3,(H2,20,23);9-12H,2-8H2,1H3;1-2H3;1H3. The smallest absolute Gasteiger partial charge is 0.306 e. The van der Waals surface area contributed by atoms with E-state index < -0.39 is 35.2 Å². The second-order valence-electron chi connectivity index (χ2n) is 11.8. The molecule has 3 unspecified atom stereocenters. The molecule has 3 atom stereocenters. The Balaban J connectivity index is 0.000000433. The van der Waals surface area contributed by atoms with E-state index in [0.29, 0.717) is 24.8 Å². The molecule has 4 rings (SSSR count). The number of aryl methyl sites for hydroxylation is 1. The first-order valence-electron chi connectivity index (χ1n) is 15.2. The number of nitrogens with one attached hydrogen (secondary N) is 1. The minimum absolute atomic E-state index is 0.0323. The van der Waals surface area contributed by atoms with Crippen LogP contribution in [0.5, 0.6) is 0 Å². The van der Waals surface area contributed by atoms with Crippen LogP contribution in [0.15, 0.2) is 12.1 Å². The van der Waals surface area contributed by atoms with Gasteiger partial charge in [-0.15, -0.1) is 0 Å². The highest BCUT2D eigenvalue weighted by atomic mass is 19.1. The highest BCUT2D eigenvalue weighted by Gasteiger charge is 2.37. The van der Waals surface area contributed by atoms with Crippen LogP contribution in [0.4, 0.5) is 8.78 Å². The molecule has 2 aliphatic heterocycles. The van der Waals surface area contributed by atoms with Gasteiger partial charge < -0.3 is 25.4 Å². The molecule has 0 spiro atoms. The number of alkyl halides is 1. The number of hydrogen-bond acceptors (Lipinski definition) is 6. The molecule has 1 aliphatic carbocycles. The lowest BCUT2D eigenvalue weighted by atomic mass is 9.80. The highest BCUT2D eigenvalue weighted by molar-refractivity contribution is 6.01. The van der Waals surface area contributed by atoms with E-state index in [0.717, 1.165) is 19.1 Å². The van der Waals surface area contributed by atoms with E-state index >= 15 is 0 Å². The zero-order valence-electron chi connectivity index (χ0n) is 26.9. The molecule has 2 fully saturated rings. The van der Waals surface area contributed by atoms with Gasteiger partial charge in [-0.25, -0.2) is 4.39 Å². The Hall–Kier alpha value is -2.59. The van der Waals surface area contributed by atoms with Crippen molar-refractivity contribution in [2.75, 3.05) is 20.4 Å². The minimum atomic E-state index is -0.993. The Kier molecular flexibility index (Phi) is 16.2. The Labute approximate surface area is 251 Å². The van der Waals surface area contributed by atoms with Crippen molar-refractivity contribution in [3.05, 3.63) is 34.6 Å². The second-order valence-corrected chi connectivity index (χ2v) is 11.8. The quantitative estimate of drug-likeness (QED) is 0.376. The van der Waals surface area contributed by atoms with Crippen LogP contribution in [-0.4, -0.2) is 66.8 Å². The number of hydrogen-bond donors (Lipinski definition) is 2. The Morgan fingerprint density at radius 2 is 1.81 bits per heavy atom. The van der Waals surface area contributed by atoms with Gasteiger partial charge in [0.15, 0.2) is 0 Å². The number of fused-ring (bicyclic) bond motifs is 1. The van der Waals surface area contributed by atoms with Gasteiger partial charge in [-0.3, -0.25) is 18.8 Å². The van der Waals surface area contributed by atoms with Gasteiger partial charge in [0.25, 0.3) is 5.91 Å². The first-order valence-corrected chi connectivity index (χ1v) is 15.2. The minimum Gasteiger partial charge on any atom is -0.460 e. The molecular weight excluding hydrogens is 544 g/mol. The molecule has 3 N–H and O–H groups in total. The summed E-state index contributed by atoms with van der Waals surface area (Å²) < 4.78 is 34.4. The number of ether oxygens (including phenoxy) is 2. The average Bonchev–Trinajstić information content (AvgIpc) is 3.24. The lowest BCUT2D eigenvalue weighted by Crippen LogP contribution is -2.46. The van der Waals surface area contributed by atoms with Crippen LogP contribution in [0.1, 0.15) is 108 Å². The molecule has 8 nitrogen and oxygen atoms in total. The summed E-state index contributed by atoms with van der Waals surface area (Å²) in [5.41, 5.74) is 5.69.